The Bertz CT molecular complexity index is 473. The SMILES string of the molecule is Cc1c(Cl)[nH]c2cc(Cl)c(Cl)cc12. The minimum atomic E-state index is 0.534. The van der Waals surface area contributed by atoms with Crippen molar-refractivity contribution >= 4 is 45.7 Å². The number of aromatic amines is 1. The fourth-order valence-electron chi connectivity index (χ4n) is 1.29. The number of aryl methyl sites for hydroxylation is 1. The van der Waals surface area contributed by atoms with Crippen LogP contribution in [0.3, 0.4) is 0 Å². The van der Waals surface area contributed by atoms with Crippen LogP contribution in [0.4, 0.5) is 0 Å². The molecular formula is C9H6Cl3N. The second-order valence-corrected chi connectivity index (χ2v) is 4.07. The number of hydrogen-bond donors (Lipinski definition) is 1. The lowest BCUT2D eigenvalue weighted by molar-refractivity contribution is 1.42. The summed E-state index contributed by atoms with van der Waals surface area (Å²) >= 11 is 17.6. The maximum Gasteiger partial charge on any atom is 0.110 e. The minimum Gasteiger partial charge on any atom is -0.345 e. The van der Waals surface area contributed by atoms with Crippen LogP contribution < -0.4 is 0 Å². The molecule has 0 aliphatic rings. The molecule has 1 N–H and O–H groups in total. The first-order chi connectivity index (χ1) is 6.09. The Labute approximate surface area is 90.6 Å². The zero-order valence-electron chi connectivity index (χ0n) is 6.79. The van der Waals surface area contributed by atoms with Crippen LogP contribution in [0.5, 0.6) is 0 Å². The normalized spacial score (nSPS) is 11.1. The monoisotopic (exact) mass is 233 g/mol. The topological polar surface area (TPSA) is 15.8 Å². The lowest BCUT2D eigenvalue weighted by Crippen LogP contribution is -1.71. The predicted octanol–water partition coefficient (Wildman–Crippen LogP) is 4.44. The smallest absolute Gasteiger partial charge is 0.110 e. The summed E-state index contributed by atoms with van der Waals surface area (Å²) in [7, 11) is 0. The molecule has 0 fully saturated rings. The zero-order valence-corrected chi connectivity index (χ0v) is 9.06. The number of fused-ring (bicyclic) bond motifs is 1. The molecule has 0 aliphatic carbocycles. The Morgan fingerprint density at radius 3 is 2.38 bits per heavy atom. The molecule has 0 aliphatic heterocycles. The molecule has 0 amide bonds. The van der Waals surface area contributed by atoms with Gasteiger partial charge in [0.25, 0.3) is 0 Å². The average Bonchev–Trinajstić information content (AvgIpc) is 2.32. The first kappa shape index (κ1) is 9.20. The lowest BCUT2D eigenvalue weighted by Gasteiger charge is -1.95. The molecule has 13 heavy (non-hydrogen) atoms. The Morgan fingerprint density at radius 1 is 1.08 bits per heavy atom. The largest absolute Gasteiger partial charge is 0.345 e. The summed E-state index contributed by atoms with van der Waals surface area (Å²) in [5, 5.41) is 2.73. The number of H-pyrrole nitrogens is 1. The summed E-state index contributed by atoms with van der Waals surface area (Å²) in [5.41, 5.74) is 1.91. The summed E-state index contributed by atoms with van der Waals surface area (Å²) in [6, 6.07) is 3.59. The molecule has 0 radical (unpaired) electrons. The number of hydrogen-bond acceptors (Lipinski definition) is 0. The van der Waals surface area contributed by atoms with Crippen molar-refractivity contribution in [1.82, 2.24) is 4.98 Å². The van der Waals surface area contributed by atoms with Gasteiger partial charge < -0.3 is 4.98 Å². The number of rotatable bonds is 0. The molecule has 0 unspecified atom stereocenters. The highest BCUT2D eigenvalue weighted by Crippen LogP contribution is 2.32. The molecule has 1 aromatic carbocycles. The van der Waals surface area contributed by atoms with Crippen molar-refractivity contribution in [2.24, 2.45) is 0 Å². The molecule has 2 aromatic rings. The summed E-state index contributed by atoms with van der Waals surface area (Å²) in [6.07, 6.45) is 0. The Morgan fingerprint density at radius 2 is 1.69 bits per heavy atom. The van der Waals surface area contributed by atoms with E-state index in [1.807, 2.05) is 13.0 Å². The zero-order chi connectivity index (χ0) is 9.59. The molecule has 0 saturated heterocycles. The Hall–Kier alpha value is -0.370. The van der Waals surface area contributed by atoms with Crippen molar-refractivity contribution in [3.63, 3.8) is 0 Å². The summed E-state index contributed by atoms with van der Waals surface area (Å²) in [6.45, 7) is 1.94. The second kappa shape index (κ2) is 3.09. The standard InChI is InChI=1S/C9H6Cl3N/c1-4-5-2-6(10)7(11)3-8(5)13-9(4)12/h2-3,13H,1H3. The van der Waals surface area contributed by atoms with E-state index in [-0.39, 0.29) is 0 Å². The van der Waals surface area contributed by atoms with E-state index in [4.69, 9.17) is 34.8 Å². The average molecular weight is 235 g/mol. The van der Waals surface area contributed by atoms with E-state index in [2.05, 4.69) is 4.98 Å². The predicted molar refractivity (Wildman–Crippen MR) is 58.1 cm³/mol. The van der Waals surface area contributed by atoms with E-state index in [9.17, 15) is 0 Å². The van der Waals surface area contributed by atoms with Crippen LogP contribution in [-0.2, 0) is 0 Å². The van der Waals surface area contributed by atoms with E-state index in [0.717, 1.165) is 16.5 Å². The van der Waals surface area contributed by atoms with Crippen LogP contribution in [0.1, 0.15) is 5.56 Å². The van der Waals surface area contributed by atoms with Crippen LogP contribution in [0.15, 0.2) is 12.1 Å². The third-order valence-corrected chi connectivity index (χ3v) is 3.14. The van der Waals surface area contributed by atoms with Gasteiger partial charge in [-0.1, -0.05) is 34.8 Å². The molecule has 68 valence electrons. The Balaban J connectivity index is 2.89. The Kier molecular flexibility index (Phi) is 2.18. The van der Waals surface area contributed by atoms with Crippen molar-refractivity contribution in [1.29, 1.82) is 0 Å². The maximum atomic E-state index is 5.92. The number of halogens is 3. The maximum absolute atomic E-state index is 5.92. The number of nitrogens with one attached hydrogen (secondary N) is 1. The van der Waals surface area contributed by atoms with Crippen LogP contribution in [0.2, 0.25) is 15.2 Å². The molecule has 4 heteroatoms. The van der Waals surface area contributed by atoms with Gasteiger partial charge in [0.15, 0.2) is 0 Å². The second-order valence-electron chi connectivity index (χ2n) is 2.88. The van der Waals surface area contributed by atoms with Crippen LogP contribution in [0, 0.1) is 6.92 Å². The fourth-order valence-corrected chi connectivity index (χ4v) is 1.82. The van der Waals surface area contributed by atoms with Gasteiger partial charge >= 0.3 is 0 Å². The van der Waals surface area contributed by atoms with Gasteiger partial charge in [0, 0.05) is 10.9 Å². The van der Waals surface area contributed by atoms with Crippen molar-refractivity contribution in [2.75, 3.05) is 0 Å². The van der Waals surface area contributed by atoms with Crippen molar-refractivity contribution < 1.29 is 0 Å². The molecule has 1 aromatic heterocycles. The van der Waals surface area contributed by atoms with Crippen LogP contribution in [-0.4, -0.2) is 4.98 Å². The third kappa shape index (κ3) is 1.41. The summed E-state index contributed by atoms with van der Waals surface area (Å²) in [5.74, 6) is 0. The molecule has 0 bridgehead atoms. The molecule has 1 nitrogen and oxygen atoms in total. The molecule has 0 spiro atoms. The van der Waals surface area contributed by atoms with Crippen molar-refractivity contribution in [2.45, 2.75) is 6.92 Å². The van der Waals surface area contributed by atoms with E-state index in [1.54, 1.807) is 6.07 Å². The highest BCUT2D eigenvalue weighted by molar-refractivity contribution is 6.43. The van der Waals surface area contributed by atoms with Gasteiger partial charge in [-0.15, -0.1) is 0 Å². The van der Waals surface area contributed by atoms with Gasteiger partial charge in [0.05, 0.1) is 10.0 Å². The number of aromatic nitrogens is 1. The van der Waals surface area contributed by atoms with Gasteiger partial charge in [-0.3, -0.25) is 0 Å². The van der Waals surface area contributed by atoms with Gasteiger partial charge in [0.1, 0.15) is 5.15 Å². The van der Waals surface area contributed by atoms with E-state index in [0.29, 0.717) is 15.2 Å². The highest BCUT2D eigenvalue weighted by atomic mass is 35.5. The van der Waals surface area contributed by atoms with Gasteiger partial charge in [0.2, 0.25) is 0 Å². The van der Waals surface area contributed by atoms with Crippen molar-refractivity contribution in [3.8, 4) is 0 Å². The fraction of sp³-hybridized carbons (Fsp3) is 0.111. The first-order valence-electron chi connectivity index (χ1n) is 3.72. The third-order valence-electron chi connectivity index (χ3n) is 2.04. The van der Waals surface area contributed by atoms with Crippen LogP contribution in [0.25, 0.3) is 10.9 Å². The quantitative estimate of drug-likeness (QED) is 0.694. The summed E-state index contributed by atoms with van der Waals surface area (Å²) < 4.78 is 0. The van der Waals surface area contributed by atoms with E-state index >= 15 is 0 Å². The highest BCUT2D eigenvalue weighted by Gasteiger charge is 2.08. The minimum absolute atomic E-state index is 0.534. The van der Waals surface area contributed by atoms with Crippen molar-refractivity contribution in [3.05, 3.63) is 32.9 Å². The molecular weight excluding hydrogens is 228 g/mol. The van der Waals surface area contributed by atoms with Gasteiger partial charge in [-0.2, -0.15) is 0 Å². The molecule has 0 saturated carbocycles. The van der Waals surface area contributed by atoms with E-state index < -0.39 is 0 Å². The van der Waals surface area contributed by atoms with Gasteiger partial charge in [-0.25, -0.2) is 0 Å². The van der Waals surface area contributed by atoms with Gasteiger partial charge in [-0.05, 0) is 24.6 Å². The first-order valence-corrected chi connectivity index (χ1v) is 4.86. The van der Waals surface area contributed by atoms with E-state index in [1.165, 1.54) is 0 Å². The van der Waals surface area contributed by atoms with Crippen LogP contribution >= 0.6 is 34.8 Å². The molecule has 1 heterocycles. The number of benzene rings is 1. The molecule has 2 rings (SSSR count). The molecule has 0 atom stereocenters. The summed E-state index contributed by atoms with van der Waals surface area (Å²) in [4.78, 5) is 3.02. The lowest BCUT2D eigenvalue weighted by atomic mass is 10.2.